The summed E-state index contributed by atoms with van der Waals surface area (Å²) in [5.74, 6) is -0.802. The minimum Gasteiger partial charge on any atom is -0.481 e. The summed E-state index contributed by atoms with van der Waals surface area (Å²) in [5, 5.41) is 9.21. The number of aromatic nitrogens is 1. The number of carboxylic acid groups (broad SMARTS) is 1. The summed E-state index contributed by atoms with van der Waals surface area (Å²) in [6, 6.07) is 9.46. The number of hydrogen-bond acceptors (Lipinski definition) is 2. The van der Waals surface area contributed by atoms with Crippen molar-refractivity contribution < 1.29 is 14.7 Å². The van der Waals surface area contributed by atoms with Gasteiger partial charge in [0.2, 0.25) is 0 Å². The lowest BCUT2D eigenvalue weighted by molar-refractivity contribution is -0.136. The lowest BCUT2D eigenvalue weighted by atomic mass is 9.76. The predicted octanol–water partition coefficient (Wildman–Crippen LogP) is 4.02. The zero-order valence-corrected chi connectivity index (χ0v) is 14.7. The Labute approximate surface area is 143 Å². The molecular weight excluding hydrogens is 358 g/mol. The van der Waals surface area contributed by atoms with Gasteiger partial charge in [0.1, 0.15) is 0 Å². The van der Waals surface area contributed by atoms with E-state index in [2.05, 4.69) is 29.8 Å². The fourth-order valence-corrected chi connectivity index (χ4v) is 3.53. The molecule has 5 heteroatoms. The maximum absolute atomic E-state index is 12.5. The van der Waals surface area contributed by atoms with Crippen LogP contribution in [0.25, 0.3) is 5.69 Å². The average molecular weight is 376 g/mol. The van der Waals surface area contributed by atoms with E-state index in [0.717, 1.165) is 22.3 Å². The number of fused-ring (bicyclic) bond motifs is 1. The molecule has 0 bridgehead atoms. The second-order valence-corrected chi connectivity index (χ2v) is 7.74. The first-order chi connectivity index (χ1) is 10.8. The standard InChI is InChI=1S/C18H18BrNO3/c1-18(2)9-15-14(16(21)10-18)7-13(8-17(22)23)20(15)12-5-3-11(19)4-6-12/h3-7H,8-10H2,1-2H3,(H,22,23). The van der Waals surface area contributed by atoms with Crippen molar-refractivity contribution in [2.75, 3.05) is 0 Å². The number of carboxylic acids is 1. The highest BCUT2D eigenvalue weighted by molar-refractivity contribution is 9.10. The molecular formula is C18H18BrNO3. The zero-order chi connectivity index (χ0) is 16.8. The molecule has 0 aliphatic heterocycles. The molecule has 0 amide bonds. The van der Waals surface area contributed by atoms with Gasteiger partial charge in [0.15, 0.2) is 5.78 Å². The van der Waals surface area contributed by atoms with Crippen molar-refractivity contribution in [2.24, 2.45) is 5.41 Å². The fraction of sp³-hybridized carbons (Fsp3) is 0.333. The molecule has 0 saturated heterocycles. The molecule has 1 aromatic carbocycles. The van der Waals surface area contributed by atoms with Crippen LogP contribution in [-0.2, 0) is 17.6 Å². The van der Waals surface area contributed by atoms with Crippen LogP contribution in [0, 0.1) is 5.41 Å². The van der Waals surface area contributed by atoms with E-state index < -0.39 is 5.97 Å². The summed E-state index contributed by atoms with van der Waals surface area (Å²) in [5.41, 5.74) is 3.01. The number of nitrogens with zero attached hydrogens (tertiary/aromatic N) is 1. The van der Waals surface area contributed by atoms with Gasteiger partial charge >= 0.3 is 5.97 Å². The second-order valence-electron chi connectivity index (χ2n) is 6.82. The Bertz CT molecular complexity index is 787. The van der Waals surface area contributed by atoms with Crippen LogP contribution in [0.1, 0.15) is 42.0 Å². The fourth-order valence-electron chi connectivity index (χ4n) is 3.27. The Morgan fingerprint density at radius 1 is 1.26 bits per heavy atom. The quantitative estimate of drug-likeness (QED) is 0.880. The molecule has 4 nitrogen and oxygen atoms in total. The van der Waals surface area contributed by atoms with Crippen molar-refractivity contribution in [2.45, 2.75) is 33.1 Å². The largest absolute Gasteiger partial charge is 0.481 e. The molecule has 0 radical (unpaired) electrons. The summed E-state index contributed by atoms with van der Waals surface area (Å²) in [6.45, 7) is 4.15. The Kier molecular flexibility index (Phi) is 3.92. The van der Waals surface area contributed by atoms with Crippen molar-refractivity contribution in [1.82, 2.24) is 4.57 Å². The highest BCUT2D eigenvalue weighted by Gasteiger charge is 2.34. The highest BCUT2D eigenvalue weighted by atomic mass is 79.9. The van der Waals surface area contributed by atoms with E-state index in [1.165, 1.54) is 0 Å². The number of halogens is 1. The third kappa shape index (κ3) is 3.11. The van der Waals surface area contributed by atoms with Crippen molar-refractivity contribution in [1.29, 1.82) is 0 Å². The topological polar surface area (TPSA) is 59.3 Å². The Hall–Kier alpha value is -1.88. The second kappa shape index (κ2) is 5.64. The number of ketones is 1. The van der Waals surface area contributed by atoms with Gasteiger partial charge in [-0.25, -0.2) is 0 Å². The number of hydrogen-bond donors (Lipinski definition) is 1. The molecule has 2 aromatic rings. The van der Waals surface area contributed by atoms with Crippen LogP contribution in [0.5, 0.6) is 0 Å². The zero-order valence-electron chi connectivity index (χ0n) is 13.1. The minimum absolute atomic E-state index is 0.0961. The van der Waals surface area contributed by atoms with Crippen LogP contribution in [0.3, 0.4) is 0 Å². The number of benzene rings is 1. The van der Waals surface area contributed by atoms with Crippen LogP contribution in [0.15, 0.2) is 34.8 Å². The summed E-state index contributed by atoms with van der Waals surface area (Å²) in [7, 11) is 0. The molecule has 0 saturated carbocycles. The summed E-state index contributed by atoms with van der Waals surface area (Å²) in [4.78, 5) is 23.7. The van der Waals surface area contributed by atoms with Crippen molar-refractivity contribution >= 4 is 27.7 Å². The molecule has 0 atom stereocenters. The van der Waals surface area contributed by atoms with E-state index in [-0.39, 0.29) is 17.6 Å². The number of carbonyl (C=O) groups excluding carboxylic acids is 1. The molecule has 120 valence electrons. The molecule has 1 aromatic heterocycles. The van der Waals surface area contributed by atoms with Gasteiger partial charge in [-0.3, -0.25) is 9.59 Å². The van der Waals surface area contributed by atoms with E-state index in [1.807, 2.05) is 28.8 Å². The minimum atomic E-state index is -0.898. The van der Waals surface area contributed by atoms with Gasteiger partial charge in [0, 0.05) is 33.5 Å². The molecule has 1 heterocycles. The molecule has 0 fully saturated rings. The highest BCUT2D eigenvalue weighted by Crippen LogP contribution is 2.37. The first-order valence-electron chi connectivity index (χ1n) is 7.51. The van der Waals surface area contributed by atoms with Gasteiger partial charge in [0.25, 0.3) is 0 Å². The third-order valence-corrected chi connectivity index (χ3v) is 4.71. The first-order valence-corrected chi connectivity index (χ1v) is 8.30. The van der Waals surface area contributed by atoms with Crippen LogP contribution in [0.4, 0.5) is 0 Å². The van der Waals surface area contributed by atoms with Gasteiger partial charge in [0.05, 0.1) is 6.42 Å². The molecule has 1 aliphatic carbocycles. The maximum atomic E-state index is 12.5. The molecule has 0 spiro atoms. The first kappa shape index (κ1) is 16.0. The summed E-state index contributed by atoms with van der Waals surface area (Å²) < 4.78 is 2.90. The van der Waals surface area contributed by atoms with Gasteiger partial charge in [-0.2, -0.15) is 0 Å². The van der Waals surface area contributed by atoms with Crippen LogP contribution >= 0.6 is 15.9 Å². The van der Waals surface area contributed by atoms with Crippen molar-refractivity contribution in [3.05, 3.63) is 51.8 Å². The van der Waals surface area contributed by atoms with E-state index in [4.69, 9.17) is 0 Å². The SMILES string of the molecule is CC1(C)CC(=O)c2cc(CC(=O)O)n(-c3ccc(Br)cc3)c2C1. The van der Waals surface area contributed by atoms with E-state index in [9.17, 15) is 14.7 Å². The van der Waals surface area contributed by atoms with Gasteiger partial charge in [-0.15, -0.1) is 0 Å². The number of aliphatic carboxylic acids is 1. The maximum Gasteiger partial charge on any atom is 0.309 e. The summed E-state index contributed by atoms with van der Waals surface area (Å²) >= 11 is 3.41. The van der Waals surface area contributed by atoms with E-state index >= 15 is 0 Å². The van der Waals surface area contributed by atoms with Crippen molar-refractivity contribution in [3.8, 4) is 5.69 Å². The molecule has 23 heavy (non-hydrogen) atoms. The molecule has 1 aliphatic rings. The Balaban J connectivity index is 2.21. The van der Waals surface area contributed by atoms with Crippen molar-refractivity contribution in [3.63, 3.8) is 0 Å². The third-order valence-electron chi connectivity index (χ3n) is 4.18. The predicted molar refractivity (Wildman–Crippen MR) is 91.2 cm³/mol. The number of Topliss-reactive ketones (excluding diaryl/α,β-unsaturated/α-hetero) is 1. The molecule has 0 unspecified atom stereocenters. The van der Waals surface area contributed by atoms with Crippen LogP contribution < -0.4 is 0 Å². The lowest BCUT2D eigenvalue weighted by Crippen LogP contribution is -2.27. The molecule has 3 rings (SSSR count). The van der Waals surface area contributed by atoms with E-state index in [1.54, 1.807) is 6.07 Å². The van der Waals surface area contributed by atoms with Crippen LogP contribution in [-0.4, -0.2) is 21.4 Å². The van der Waals surface area contributed by atoms with Gasteiger partial charge in [-0.1, -0.05) is 29.8 Å². The van der Waals surface area contributed by atoms with E-state index in [0.29, 0.717) is 17.7 Å². The Morgan fingerprint density at radius 3 is 2.52 bits per heavy atom. The van der Waals surface area contributed by atoms with Gasteiger partial charge < -0.3 is 9.67 Å². The number of carbonyl (C=O) groups is 2. The smallest absolute Gasteiger partial charge is 0.309 e. The van der Waals surface area contributed by atoms with Crippen LogP contribution in [0.2, 0.25) is 0 Å². The van der Waals surface area contributed by atoms with Gasteiger partial charge in [-0.05, 0) is 42.2 Å². The lowest BCUT2D eigenvalue weighted by Gasteiger charge is -2.30. The monoisotopic (exact) mass is 375 g/mol. The normalized spacial score (nSPS) is 16.2. The average Bonchev–Trinajstić information content (AvgIpc) is 2.76. The molecule has 1 N–H and O–H groups in total. The number of rotatable bonds is 3. The summed E-state index contributed by atoms with van der Waals surface area (Å²) in [6.07, 6.45) is 1.15. The Morgan fingerprint density at radius 2 is 1.91 bits per heavy atom.